The number of alkyl halides is 3. The minimum absolute atomic E-state index is 0.322. The number of nitrogens with zero attached hydrogens (tertiary/aromatic N) is 2. The number of rotatable bonds is 1. The van der Waals surface area contributed by atoms with Crippen LogP contribution in [0.5, 0.6) is 0 Å². The van der Waals surface area contributed by atoms with Gasteiger partial charge < -0.3 is 9.64 Å². The predicted molar refractivity (Wildman–Crippen MR) is 79.3 cm³/mol. The minimum Gasteiger partial charge on any atom is -0.371 e. The van der Waals surface area contributed by atoms with Crippen molar-refractivity contribution in [3.63, 3.8) is 0 Å². The zero-order valence-corrected chi connectivity index (χ0v) is 13.2. The van der Waals surface area contributed by atoms with Gasteiger partial charge in [-0.3, -0.25) is 9.78 Å². The van der Waals surface area contributed by atoms with E-state index in [1.807, 2.05) is 0 Å². The van der Waals surface area contributed by atoms with Crippen LogP contribution in [0.25, 0.3) is 0 Å². The van der Waals surface area contributed by atoms with Gasteiger partial charge in [-0.05, 0) is 43.6 Å². The van der Waals surface area contributed by atoms with Crippen molar-refractivity contribution < 1.29 is 22.7 Å². The Morgan fingerprint density at radius 3 is 2.88 bits per heavy atom. The van der Waals surface area contributed by atoms with Gasteiger partial charge in [-0.25, -0.2) is 0 Å². The van der Waals surface area contributed by atoms with Crippen LogP contribution in [0.1, 0.15) is 41.6 Å². The number of pyridine rings is 1. The number of morpholine rings is 1. The highest BCUT2D eigenvalue weighted by Gasteiger charge is 2.54. The first-order valence-corrected chi connectivity index (χ1v) is 8.33. The Hall–Kier alpha value is -1.63. The van der Waals surface area contributed by atoms with Crippen LogP contribution in [0.2, 0.25) is 0 Å². The summed E-state index contributed by atoms with van der Waals surface area (Å²) in [6.45, 7) is 1.12. The maximum atomic E-state index is 13.2. The molecule has 2 heterocycles. The average Bonchev–Trinajstić information content (AvgIpc) is 3.14. The highest BCUT2D eigenvalue weighted by Crippen LogP contribution is 2.53. The van der Waals surface area contributed by atoms with E-state index in [0.29, 0.717) is 31.5 Å². The fourth-order valence-electron chi connectivity index (χ4n) is 4.72. The molecule has 2 saturated carbocycles. The molecule has 2 aliphatic carbocycles. The molecule has 3 fully saturated rings. The lowest BCUT2D eigenvalue weighted by Crippen LogP contribution is -2.56. The summed E-state index contributed by atoms with van der Waals surface area (Å²) in [4.78, 5) is 17.8. The SMILES string of the molecule is O=C(c1ccncc1C(F)(F)F)N1CCO[C@]2(C[C@H]3CC[C@H]2C3)C1. The fraction of sp³-hybridized carbons (Fsp3) is 0.647. The normalized spacial score (nSPS) is 32.5. The maximum absolute atomic E-state index is 13.2. The van der Waals surface area contributed by atoms with Crippen LogP contribution in [0.3, 0.4) is 0 Å². The van der Waals surface area contributed by atoms with Crippen molar-refractivity contribution in [3.8, 4) is 0 Å². The first kappa shape index (κ1) is 15.9. The van der Waals surface area contributed by atoms with Gasteiger partial charge in [0, 0.05) is 18.9 Å². The second-order valence-electron chi connectivity index (χ2n) is 7.14. The van der Waals surface area contributed by atoms with Gasteiger partial charge >= 0.3 is 6.18 Å². The summed E-state index contributed by atoms with van der Waals surface area (Å²) in [6, 6.07) is 1.16. The molecule has 3 aliphatic rings. The van der Waals surface area contributed by atoms with Crippen LogP contribution in [0, 0.1) is 11.8 Å². The van der Waals surface area contributed by atoms with Crippen LogP contribution in [0.15, 0.2) is 18.5 Å². The molecule has 1 saturated heterocycles. The standard InChI is InChI=1S/C17H19F3N2O2/c18-17(19,20)14-9-21-4-3-13(14)15(23)22-5-6-24-16(10-22)8-11-1-2-12(16)7-11/h3-4,9,11-12H,1-2,5-8,10H2/t11-,12-,16+/m0/s1. The van der Waals surface area contributed by atoms with E-state index in [-0.39, 0.29) is 11.2 Å². The maximum Gasteiger partial charge on any atom is 0.418 e. The van der Waals surface area contributed by atoms with E-state index in [0.717, 1.165) is 31.5 Å². The molecule has 1 amide bonds. The lowest BCUT2D eigenvalue weighted by atomic mass is 9.82. The molecule has 1 spiro atoms. The summed E-state index contributed by atoms with van der Waals surface area (Å²) in [7, 11) is 0. The molecule has 0 aromatic carbocycles. The number of ether oxygens (including phenoxy) is 1. The number of amides is 1. The second-order valence-corrected chi connectivity index (χ2v) is 7.14. The van der Waals surface area contributed by atoms with E-state index in [1.54, 1.807) is 0 Å². The Morgan fingerprint density at radius 1 is 1.38 bits per heavy atom. The van der Waals surface area contributed by atoms with Gasteiger partial charge in [-0.15, -0.1) is 0 Å². The third kappa shape index (κ3) is 2.49. The van der Waals surface area contributed by atoms with E-state index < -0.39 is 17.6 Å². The van der Waals surface area contributed by atoms with E-state index in [9.17, 15) is 18.0 Å². The molecule has 7 heteroatoms. The second kappa shape index (κ2) is 5.44. The molecular weight excluding hydrogens is 321 g/mol. The molecule has 130 valence electrons. The molecule has 1 aromatic heterocycles. The number of aromatic nitrogens is 1. The lowest BCUT2D eigenvalue weighted by Gasteiger charge is -2.45. The Kier molecular flexibility index (Phi) is 3.60. The molecule has 4 rings (SSSR count). The Balaban J connectivity index is 1.59. The van der Waals surface area contributed by atoms with Crippen molar-refractivity contribution in [2.24, 2.45) is 11.8 Å². The third-order valence-electron chi connectivity index (χ3n) is 5.77. The molecule has 1 aromatic rings. The van der Waals surface area contributed by atoms with Gasteiger partial charge in [-0.2, -0.15) is 13.2 Å². The van der Waals surface area contributed by atoms with Crippen molar-refractivity contribution in [2.75, 3.05) is 19.7 Å². The summed E-state index contributed by atoms with van der Waals surface area (Å²) in [5.41, 5.74) is -1.64. The topological polar surface area (TPSA) is 42.4 Å². The molecule has 4 nitrogen and oxygen atoms in total. The first-order chi connectivity index (χ1) is 11.4. The van der Waals surface area contributed by atoms with Crippen LogP contribution in [0.4, 0.5) is 13.2 Å². The highest BCUT2D eigenvalue weighted by molar-refractivity contribution is 5.95. The van der Waals surface area contributed by atoms with Gasteiger partial charge in [0.1, 0.15) is 0 Å². The number of carbonyl (C=O) groups is 1. The van der Waals surface area contributed by atoms with Gasteiger partial charge in [0.05, 0.1) is 29.9 Å². The zero-order valence-electron chi connectivity index (χ0n) is 13.2. The number of halogens is 3. The minimum atomic E-state index is -4.59. The number of fused-ring (bicyclic) bond motifs is 3. The molecule has 2 bridgehead atoms. The predicted octanol–water partition coefficient (Wildman–Crippen LogP) is 3.13. The average molecular weight is 340 g/mol. The summed E-state index contributed by atoms with van der Waals surface area (Å²) >= 11 is 0. The van der Waals surface area contributed by atoms with Crippen LogP contribution in [-0.2, 0) is 10.9 Å². The zero-order chi connectivity index (χ0) is 16.9. The van der Waals surface area contributed by atoms with Crippen molar-refractivity contribution in [1.29, 1.82) is 0 Å². The molecule has 0 N–H and O–H groups in total. The van der Waals surface area contributed by atoms with Crippen molar-refractivity contribution >= 4 is 5.91 Å². The monoisotopic (exact) mass is 340 g/mol. The number of hydrogen-bond donors (Lipinski definition) is 0. The van der Waals surface area contributed by atoms with Crippen LogP contribution < -0.4 is 0 Å². The third-order valence-corrected chi connectivity index (χ3v) is 5.77. The smallest absolute Gasteiger partial charge is 0.371 e. The van der Waals surface area contributed by atoms with Gasteiger partial charge in [-0.1, -0.05) is 0 Å². The van der Waals surface area contributed by atoms with Gasteiger partial charge in [0.2, 0.25) is 0 Å². The lowest BCUT2D eigenvalue weighted by molar-refractivity contribution is -0.139. The highest BCUT2D eigenvalue weighted by atomic mass is 19.4. The first-order valence-electron chi connectivity index (χ1n) is 8.33. The van der Waals surface area contributed by atoms with E-state index >= 15 is 0 Å². The number of hydrogen-bond acceptors (Lipinski definition) is 3. The number of carbonyl (C=O) groups excluding carboxylic acids is 1. The van der Waals surface area contributed by atoms with Crippen molar-refractivity contribution in [3.05, 3.63) is 29.6 Å². The van der Waals surface area contributed by atoms with Crippen molar-refractivity contribution in [1.82, 2.24) is 9.88 Å². The summed E-state index contributed by atoms with van der Waals surface area (Å²) in [5.74, 6) is 0.490. The molecular formula is C17H19F3N2O2. The largest absolute Gasteiger partial charge is 0.418 e. The van der Waals surface area contributed by atoms with Crippen LogP contribution in [-0.4, -0.2) is 41.1 Å². The fourth-order valence-corrected chi connectivity index (χ4v) is 4.72. The molecule has 3 atom stereocenters. The van der Waals surface area contributed by atoms with E-state index in [4.69, 9.17) is 4.74 Å². The van der Waals surface area contributed by atoms with Gasteiger partial charge in [0.25, 0.3) is 5.91 Å². The van der Waals surface area contributed by atoms with E-state index in [2.05, 4.69) is 4.98 Å². The molecule has 0 unspecified atom stereocenters. The quantitative estimate of drug-likeness (QED) is 0.789. The molecule has 24 heavy (non-hydrogen) atoms. The summed E-state index contributed by atoms with van der Waals surface area (Å²) < 4.78 is 45.5. The Labute approximate surface area is 138 Å². The van der Waals surface area contributed by atoms with Crippen LogP contribution >= 0.6 is 0 Å². The summed E-state index contributed by atoms with van der Waals surface area (Å²) in [6.07, 6.45) is 1.70. The molecule has 0 radical (unpaired) electrons. The van der Waals surface area contributed by atoms with E-state index in [1.165, 1.54) is 17.5 Å². The molecule has 1 aliphatic heterocycles. The Bertz CT molecular complexity index is 663. The summed E-state index contributed by atoms with van der Waals surface area (Å²) in [5, 5.41) is 0. The van der Waals surface area contributed by atoms with Crippen molar-refractivity contribution in [2.45, 2.75) is 37.5 Å². The Morgan fingerprint density at radius 2 is 2.21 bits per heavy atom. The van der Waals surface area contributed by atoms with Gasteiger partial charge in [0.15, 0.2) is 0 Å².